The van der Waals surface area contributed by atoms with E-state index in [9.17, 15) is 4.79 Å². The normalized spacial score (nSPS) is 16.8. The average Bonchev–Trinajstić information content (AvgIpc) is 2.99. The lowest BCUT2D eigenvalue weighted by Gasteiger charge is -2.33. The van der Waals surface area contributed by atoms with E-state index in [0.29, 0.717) is 5.92 Å². The van der Waals surface area contributed by atoms with Crippen LogP contribution in [0.25, 0.3) is 5.65 Å². The van der Waals surface area contributed by atoms with E-state index in [2.05, 4.69) is 63.8 Å². The maximum absolute atomic E-state index is 11.9. The van der Waals surface area contributed by atoms with E-state index < -0.39 is 0 Å². The van der Waals surface area contributed by atoms with Crippen LogP contribution in [0, 0.1) is 0 Å². The molecule has 2 aromatic rings. The van der Waals surface area contributed by atoms with E-state index in [1.165, 1.54) is 18.4 Å². The summed E-state index contributed by atoms with van der Waals surface area (Å²) in [5.41, 5.74) is 3.24. The predicted octanol–water partition coefficient (Wildman–Crippen LogP) is -0.172. The molecule has 0 N–H and O–H groups in total. The summed E-state index contributed by atoms with van der Waals surface area (Å²) in [6.07, 6.45) is 8.45. The Hall–Kier alpha value is -1.34. The fourth-order valence-electron chi connectivity index (χ4n) is 3.73. The molecule has 2 aromatic heterocycles. The number of rotatable bonds is 6. The number of carbonyl (C=O) groups excluding carboxylic acids is 1. The molecule has 1 aliphatic rings. The number of piperidine rings is 1. The van der Waals surface area contributed by atoms with Crippen LogP contribution in [0.1, 0.15) is 36.9 Å². The number of hydrogen-bond donors (Lipinski definition) is 0. The van der Waals surface area contributed by atoms with Crippen molar-refractivity contribution in [1.82, 2.24) is 13.7 Å². The van der Waals surface area contributed by atoms with E-state index in [1.807, 2.05) is 16.8 Å². The minimum Gasteiger partial charge on any atom is -0.317 e. The average molecular weight is 368 g/mol. The second-order valence-corrected chi connectivity index (χ2v) is 8.84. The summed E-state index contributed by atoms with van der Waals surface area (Å²) in [7, 11) is 6.17. The van der Waals surface area contributed by atoms with Crippen LogP contribution in [0.4, 0.5) is 5.82 Å². The number of imidazole rings is 1. The highest BCUT2D eigenvalue weighted by molar-refractivity contribution is 7.96. The summed E-state index contributed by atoms with van der Waals surface area (Å²) in [6, 6.07) is 4.32. The van der Waals surface area contributed by atoms with Crippen molar-refractivity contribution in [2.75, 3.05) is 24.2 Å². The highest BCUT2D eigenvalue weighted by Crippen LogP contribution is 2.32. The monoisotopic (exact) mass is 368 g/mol. The molecule has 1 saturated heterocycles. The number of aromatic nitrogens is 2. The number of anilines is 1. The predicted molar refractivity (Wildman–Crippen MR) is 119 cm³/mol. The summed E-state index contributed by atoms with van der Waals surface area (Å²) in [4.78, 5) is 18.5. The zero-order valence-electron chi connectivity index (χ0n) is 16.5. The van der Waals surface area contributed by atoms with Crippen LogP contribution in [0.5, 0.6) is 0 Å². The first-order valence-electron chi connectivity index (χ1n) is 9.43. The molecule has 1 aliphatic heterocycles. The molecule has 3 rings (SSSR count). The summed E-state index contributed by atoms with van der Waals surface area (Å²) in [5, 5.41) is -0.290. The summed E-state index contributed by atoms with van der Waals surface area (Å²) < 4.78 is 4.55. The highest BCUT2D eigenvalue weighted by Gasteiger charge is 2.28. The minimum absolute atomic E-state index is 0.290. The highest BCUT2D eigenvalue weighted by atomic mass is 32.2. The van der Waals surface area contributed by atoms with Gasteiger partial charge in [-0.15, -0.1) is 0 Å². The maximum Gasteiger partial charge on any atom is 0.213 e. The molecule has 1 amide bonds. The SMILES string of the molecule is BC(B)(B)N(C=O)c1c(CC)nc2ccc(C3CCN(SC)CC3)cn12. The molecule has 3 heterocycles. The largest absolute Gasteiger partial charge is 0.317 e. The van der Waals surface area contributed by atoms with Gasteiger partial charge in [0.05, 0.1) is 5.69 Å². The number of nitrogens with zero attached hydrogens (tertiary/aromatic N) is 4. The first-order chi connectivity index (χ1) is 12.4. The third kappa shape index (κ3) is 3.69. The Kier molecular flexibility index (Phi) is 5.77. The molecular weight excluding hydrogens is 341 g/mol. The fourth-order valence-corrected chi connectivity index (χ4v) is 4.30. The Morgan fingerprint density at radius 2 is 2.04 bits per heavy atom. The van der Waals surface area contributed by atoms with Gasteiger partial charge in [-0.05, 0) is 48.3 Å². The number of pyridine rings is 1. The van der Waals surface area contributed by atoms with Gasteiger partial charge in [-0.3, -0.25) is 13.5 Å². The summed E-state index contributed by atoms with van der Waals surface area (Å²) in [6.45, 7) is 4.35. The van der Waals surface area contributed by atoms with Crippen LogP contribution >= 0.6 is 11.9 Å². The van der Waals surface area contributed by atoms with Crippen molar-refractivity contribution >= 4 is 53.4 Å². The quantitative estimate of drug-likeness (QED) is 0.404. The molecule has 0 saturated carbocycles. The van der Waals surface area contributed by atoms with Gasteiger partial charge in [-0.2, -0.15) is 0 Å². The number of fused-ring (bicyclic) bond motifs is 1. The number of aryl methyl sites for hydroxylation is 1. The molecule has 26 heavy (non-hydrogen) atoms. The van der Waals surface area contributed by atoms with Gasteiger partial charge in [-0.25, -0.2) is 4.98 Å². The van der Waals surface area contributed by atoms with Crippen molar-refractivity contribution in [3.05, 3.63) is 29.6 Å². The van der Waals surface area contributed by atoms with Crippen LogP contribution in [0.3, 0.4) is 0 Å². The number of carbonyl (C=O) groups is 1. The van der Waals surface area contributed by atoms with E-state index in [-0.39, 0.29) is 5.24 Å². The third-order valence-electron chi connectivity index (χ3n) is 5.26. The lowest BCUT2D eigenvalue weighted by atomic mass is 9.48. The van der Waals surface area contributed by atoms with Crippen LogP contribution < -0.4 is 4.90 Å². The van der Waals surface area contributed by atoms with Crippen LogP contribution in [0.15, 0.2) is 18.3 Å². The van der Waals surface area contributed by atoms with Crippen molar-refractivity contribution in [2.24, 2.45) is 0 Å². The molecule has 9 heteroatoms. The van der Waals surface area contributed by atoms with E-state index >= 15 is 0 Å². The fraction of sp³-hybridized carbons (Fsp3) is 0.529. The molecule has 0 spiro atoms. The lowest BCUT2D eigenvalue weighted by molar-refractivity contribution is -0.107. The zero-order valence-corrected chi connectivity index (χ0v) is 17.3. The number of amides is 1. The van der Waals surface area contributed by atoms with Crippen LogP contribution in [-0.2, 0) is 11.2 Å². The van der Waals surface area contributed by atoms with Crippen molar-refractivity contribution in [1.29, 1.82) is 0 Å². The van der Waals surface area contributed by atoms with Gasteiger partial charge in [0.25, 0.3) is 0 Å². The lowest BCUT2D eigenvalue weighted by Crippen LogP contribution is -2.51. The zero-order chi connectivity index (χ0) is 18.9. The summed E-state index contributed by atoms with van der Waals surface area (Å²) in [5.74, 6) is 1.48. The molecule has 5 nitrogen and oxygen atoms in total. The van der Waals surface area contributed by atoms with Crippen LogP contribution in [0.2, 0.25) is 0 Å². The van der Waals surface area contributed by atoms with E-state index in [1.54, 1.807) is 0 Å². The summed E-state index contributed by atoms with van der Waals surface area (Å²) >= 11 is 1.84. The first-order valence-corrected chi connectivity index (χ1v) is 10.6. The molecule has 0 aliphatic carbocycles. The molecule has 0 aromatic carbocycles. The Bertz CT molecular complexity index is 784. The van der Waals surface area contributed by atoms with Crippen molar-refractivity contribution in [3.8, 4) is 0 Å². The Balaban J connectivity index is 2.03. The molecular formula is C17H27B3N4OS. The Morgan fingerprint density at radius 1 is 1.35 bits per heavy atom. The van der Waals surface area contributed by atoms with E-state index in [0.717, 1.165) is 43.1 Å². The first kappa shape index (κ1) is 19.4. The van der Waals surface area contributed by atoms with Crippen molar-refractivity contribution in [2.45, 2.75) is 37.3 Å². The molecule has 0 bridgehead atoms. The Labute approximate surface area is 163 Å². The minimum atomic E-state index is -0.290. The molecule has 136 valence electrons. The van der Waals surface area contributed by atoms with Crippen molar-refractivity contribution < 1.29 is 4.79 Å². The van der Waals surface area contributed by atoms with Gasteiger partial charge in [0, 0.05) is 19.3 Å². The van der Waals surface area contributed by atoms with Crippen molar-refractivity contribution in [3.63, 3.8) is 0 Å². The van der Waals surface area contributed by atoms with Gasteiger partial charge < -0.3 is 4.90 Å². The van der Waals surface area contributed by atoms with Gasteiger partial charge >= 0.3 is 0 Å². The van der Waals surface area contributed by atoms with Gasteiger partial charge in [0.1, 0.15) is 35.0 Å². The maximum atomic E-state index is 11.9. The second-order valence-electron chi connectivity index (χ2n) is 7.96. The van der Waals surface area contributed by atoms with Crippen LogP contribution in [-0.4, -0.2) is 68.2 Å². The standard InChI is InChI=1S/C17H27B3N4OS/c1-3-14-16(24(11-25)17(18,19)20)23-10-13(4-5-15(23)21-14)12-6-8-22(26-2)9-7-12/h4-5,10-12H,3,6-9,18-20H2,1-2H3. The van der Waals surface area contributed by atoms with Gasteiger partial charge in [0.2, 0.25) is 6.41 Å². The molecule has 0 atom stereocenters. The molecule has 0 radical (unpaired) electrons. The van der Waals surface area contributed by atoms with E-state index in [4.69, 9.17) is 4.98 Å². The molecule has 1 fully saturated rings. The van der Waals surface area contributed by atoms with Gasteiger partial charge in [0.15, 0.2) is 0 Å². The Morgan fingerprint density at radius 3 is 2.58 bits per heavy atom. The number of hydrogen-bond acceptors (Lipinski definition) is 4. The second kappa shape index (κ2) is 7.73. The molecule has 0 unspecified atom stereocenters. The third-order valence-corrected chi connectivity index (χ3v) is 6.14. The van der Waals surface area contributed by atoms with Gasteiger partial charge in [-0.1, -0.05) is 24.9 Å². The smallest absolute Gasteiger partial charge is 0.213 e. The topological polar surface area (TPSA) is 40.9 Å².